The van der Waals surface area contributed by atoms with Crippen molar-refractivity contribution in [3.8, 4) is 5.69 Å². The molecule has 3 N–H and O–H groups in total. The summed E-state index contributed by atoms with van der Waals surface area (Å²) < 4.78 is 6.58. The van der Waals surface area contributed by atoms with E-state index >= 15 is 0 Å². The number of furan rings is 1. The first kappa shape index (κ1) is 13.9. The third-order valence-electron chi connectivity index (χ3n) is 3.20. The van der Waals surface area contributed by atoms with Crippen LogP contribution >= 0.6 is 0 Å². The summed E-state index contributed by atoms with van der Waals surface area (Å²) in [6, 6.07) is 11.1. The molecular weight excluding hydrogens is 282 g/mol. The van der Waals surface area contributed by atoms with Crippen LogP contribution in [0.3, 0.4) is 0 Å². The molecule has 3 rings (SSSR count). The van der Waals surface area contributed by atoms with E-state index in [9.17, 15) is 4.79 Å². The third-order valence-corrected chi connectivity index (χ3v) is 3.20. The Labute approximate surface area is 126 Å². The second-order valence-electron chi connectivity index (χ2n) is 4.83. The number of nitrogens with two attached hydrogens (primary N) is 1. The van der Waals surface area contributed by atoms with Crippen LogP contribution in [-0.4, -0.2) is 20.9 Å². The number of anilines is 1. The number of aromatic nitrogens is 3. The third kappa shape index (κ3) is 2.69. The minimum Gasteiger partial charge on any atom is -0.467 e. The smallest absolute Gasteiger partial charge is 0.276 e. The number of carbonyl (C=O) groups is 1. The molecule has 0 aliphatic carbocycles. The molecule has 0 saturated heterocycles. The second kappa shape index (κ2) is 5.72. The van der Waals surface area contributed by atoms with Crippen LogP contribution in [0, 0.1) is 6.92 Å². The topological polar surface area (TPSA) is 99.0 Å². The zero-order chi connectivity index (χ0) is 15.5. The van der Waals surface area contributed by atoms with E-state index in [4.69, 9.17) is 10.2 Å². The monoisotopic (exact) mass is 297 g/mol. The lowest BCUT2D eigenvalue weighted by molar-refractivity contribution is 0.0944. The molecule has 0 aliphatic rings. The molecule has 0 unspecified atom stereocenters. The summed E-state index contributed by atoms with van der Waals surface area (Å²) in [5.74, 6) is 0.450. The Morgan fingerprint density at radius 1 is 1.32 bits per heavy atom. The Hall–Kier alpha value is -3.09. The fraction of sp³-hybridized carbons (Fsp3) is 0.133. The SMILES string of the molecule is Cc1ccc(-n2nnc(C(=O)NCc3ccco3)c2N)cc1. The Balaban J connectivity index is 1.77. The molecule has 0 spiro atoms. The Kier molecular flexibility index (Phi) is 3.61. The summed E-state index contributed by atoms with van der Waals surface area (Å²) in [4.78, 5) is 12.1. The first-order valence-electron chi connectivity index (χ1n) is 6.74. The standard InChI is InChI=1S/C15H15N5O2/c1-10-4-6-11(7-5-10)20-14(16)13(18-19-20)15(21)17-9-12-3-2-8-22-12/h2-8H,9,16H2,1H3,(H,17,21). The minimum absolute atomic E-state index is 0.0899. The number of nitrogen functional groups attached to an aromatic ring is 1. The molecule has 0 atom stereocenters. The van der Waals surface area contributed by atoms with Gasteiger partial charge in [-0.05, 0) is 31.2 Å². The highest BCUT2D eigenvalue weighted by molar-refractivity contribution is 5.96. The molecule has 0 fully saturated rings. The maximum atomic E-state index is 12.1. The molecule has 7 heteroatoms. The van der Waals surface area contributed by atoms with Gasteiger partial charge in [-0.15, -0.1) is 5.10 Å². The van der Waals surface area contributed by atoms with Gasteiger partial charge in [0, 0.05) is 0 Å². The zero-order valence-corrected chi connectivity index (χ0v) is 12.0. The lowest BCUT2D eigenvalue weighted by atomic mass is 10.2. The maximum absolute atomic E-state index is 12.1. The number of hydrogen-bond acceptors (Lipinski definition) is 5. The van der Waals surface area contributed by atoms with Gasteiger partial charge in [0.2, 0.25) is 0 Å². The zero-order valence-electron chi connectivity index (χ0n) is 12.0. The van der Waals surface area contributed by atoms with Crippen LogP contribution < -0.4 is 11.1 Å². The summed E-state index contributed by atoms with van der Waals surface area (Å²) in [6.07, 6.45) is 1.55. The van der Waals surface area contributed by atoms with E-state index in [1.54, 1.807) is 18.4 Å². The Bertz CT molecular complexity index is 775. The quantitative estimate of drug-likeness (QED) is 0.763. The van der Waals surface area contributed by atoms with E-state index in [0.29, 0.717) is 5.76 Å². The predicted molar refractivity (Wildman–Crippen MR) is 80.4 cm³/mol. The van der Waals surface area contributed by atoms with Gasteiger partial charge in [0.1, 0.15) is 5.76 Å². The van der Waals surface area contributed by atoms with E-state index in [0.717, 1.165) is 11.3 Å². The normalized spacial score (nSPS) is 10.6. The van der Waals surface area contributed by atoms with Gasteiger partial charge in [-0.25, -0.2) is 0 Å². The summed E-state index contributed by atoms with van der Waals surface area (Å²) in [6.45, 7) is 2.25. The molecule has 0 bridgehead atoms. The van der Waals surface area contributed by atoms with Crippen LogP contribution in [0.15, 0.2) is 47.1 Å². The summed E-state index contributed by atoms with van der Waals surface area (Å²) >= 11 is 0. The van der Waals surface area contributed by atoms with Gasteiger partial charge < -0.3 is 15.5 Å². The van der Waals surface area contributed by atoms with Gasteiger partial charge in [-0.3, -0.25) is 4.79 Å². The van der Waals surface area contributed by atoms with Crippen molar-refractivity contribution in [3.63, 3.8) is 0 Å². The number of nitrogens with one attached hydrogen (secondary N) is 1. The van der Waals surface area contributed by atoms with Crippen LogP contribution in [0.25, 0.3) is 5.69 Å². The minimum atomic E-state index is -0.396. The number of carbonyl (C=O) groups excluding carboxylic acids is 1. The van der Waals surface area contributed by atoms with Gasteiger partial charge in [0.25, 0.3) is 5.91 Å². The van der Waals surface area contributed by atoms with E-state index in [2.05, 4.69) is 15.6 Å². The van der Waals surface area contributed by atoms with Crippen molar-refractivity contribution in [2.24, 2.45) is 0 Å². The fourth-order valence-electron chi connectivity index (χ4n) is 1.99. The van der Waals surface area contributed by atoms with E-state index in [1.807, 2.05) is 31.2 Å². The molecule has 2 aromatic heterocycles. The van der Waals surface area contributed by atoms with Gasteiger partial charge in [-0.1, -0.05) is 22.9 Å². The molecule has 1 aromatic carbocycles. The van der Waals surface area contributed by atoms with Crippen LogP contribution in [0.5, 0.6) is 0 Å². The first-order valence-corrected chi connectivity index (χ1v) is 6.74. The van der Waals surface area contributed by atoms with Crippen LogP contribution in [0.2, 0.25) is 0 Å². The van der Waals surface area contributed by atoms with Gasteiger partial charge >= 0.3 is 0 Å². The molecule has 22 heavy (non-hydrogen) atoms. The van der Waals surface area contributed by atoms with Crippen molar-refractivity contribution >= 4 is 11.7 Å². The first-order chi connectivity index (χ1) is 10.6. The Morgan fingerprint density at radius 3 is 2.77 bits per heavy atom. The maximum Gasteiger partial charge on any atom is 0.276 e. The van der Waals surface area contributed by atoms with Gasteiger partial charge in [0.05, 0.1) is 18.5 Å². The molecule has 1 amide bonds. The molecule has 0 aliphatic heterocycles. The van der Waals surface area contributed by atoms with Crippen molar-refractivity contribution in [1.29, 1.82) is 0 Å². The highest BCUT2D eigenvalue weighted by Crippen LogP contribution is 2.15. The Morgan fingerprint density at radius 2 is 2.09 bits per heavy atom. The summed E-state index contributed by atoms with van der Waals surface area (Å²) in [5, 5.41) is 10.5. The molecule has 112 valence electrons. The number of hydrogen-bond donors (Lipinski definition) is 2. The number of benzene rings is 1. The van der Waals surface area contributed by atoms with Gasteiger partial charge in [0.15, 0.2) is 11.5 Å². The van der Waals surface area contributed by atoms with Crippen molar-refractivity contribution in [1.82, 2.24) is 20.3 Å². The molecule has 2 heterocycles. The van der Waals surface area contributed by atoms with Crippen molar-refractivity contribution in [3.05, 3.63) is 59.7 Å². The number of rotatable bonds is 4. The molecule has 3 aromatic rings. The van der Waals surface area contributed by atoms with Crippen LogP contribution in [0.4, 0.5) is 5.82 Å². The number of nitrogens with zero attached hydrogens (tertiary/aromatic N) is 3. The number of aryl methyl sites for hydroxylation is 1. The van der Waals surface area contributed by atoms with E-state index < -0.39 is 5.91 Å². The largest absolute Gasteiger partial charge is 0.467 e. The van der Waals surface area contributed by atoms with E-state index in [-0.39, 0.29) is 18.1 Å². The molecule has 7 nitrogen and oxygen atoms in total. The van der Waals surface area contributed by atoms with Crippen LogP contribution in [0.1, 0.15) is 21.8 Å². The van der Waals surface area contributed by atoms with Crippen molar-refractivity contribution in [2.75, 3.05) is 5.73 Å². The predicted octanol–water partition coefficient (Wildman–Crippen LogP) is 1.68. The highest BCUT2D eigenvalue weighted by atomic mass is 16.3. The highest BCUT2D eigenvalue weighted by Gasteiger charge is 2.18. The number of amides is 1. The van der Waals surface area contributed by atoms with Crippen molar-refractivity contribution < 1.29 is 9.21 Å². The lowest BCUT2D eigenvalue weighted by Gasteiger charge is -2.04. The van der Waals surface area contributed by atoms with E-state index in [1.165, 1.54) is 4.68 Å². The average molecular weight is 297 g/mol. The van der Waals surface area contributed by atoms with Gasteiger partial charge in [-0.2, -0.15) is 4.68 Å². The lowest BCUT2D eigenvalue weighted by Crippen LogP contribution is -2.24. The molecule has 0 saturated carbocycles. The van der Waals surface area contributed by atoms with Crippen LogP contribution in [-0.2, 0) is 6.54 Å². The fourth-order valence-corrected chi connectivity index (χ4v) is 1.99. The van der Waals surface area contributed by atoms with Crippen molar-refractivity contribution in [2.45, 2.75) is 13.5 Å². The molecular formula is C15H15N5O2. The molecule has 0 radical (unpaired) electrons. The average Bonchev–Trinajstić information content (AvgIpc) is 3.15. The second-order valence-corrected chi connectivity index (χ2v) is 4.83. The summed E-state index contributed by atoms with van der Waals surface area (Å²) in [5.41, 5.74) is 7.94. The summed E-state index contributed by atoms with van der Waals surface area (Å²) in [7, 11) is 0.